The van der Waals surface area contributed by atoms with E-state index >= 15 is 0 Å². The number of pyridine rings is 1. The number of fused-ring (bicyclic) bond motifs is 1. The average molecular weight is 252 g/mol. The van der Waals surface area contributed by atoms with Gasteiger partial charge in [0.15, 0.2) is 0 Å². The molecule has 0 spiro atoms. The molecular formula is C10H10BrN3. The highest BCUT2D eigenvalue weighted by Gasteiger charge is 2.01. The van der Waals surface area contributed by atoms with Crippen LogP contribution in [0.4, 0.5) is 5.82 Å². The molecule has 0 radical (unpaired) electrons. The Bertz CT molecular complexity index is 482. The first-order valence-electron chi connectivity index (χ1n) is 4.24. The van der Waals surface area contributed by atoms with Crippen molar-refractivity contribution in [2.75, 3.05) is 5.43 Å². The minimum Gasteiger partial charge on any atom is -0.308 e. The second-order valence-electron chi connectivity index (χ2n) is 3.13. The summed E-state index contributed by atoms with van der Waals surface area (Å²) < 4.78 is 1.02. The Labute approximate surface area is 90.4 Å². The Morgan fingerprint density at radius 2 is 2.14 bits per heavy atom. The Kier molecular flexibility index (Phi) is 2.39. The van der Waals surface area contributed by atoms with Crippen LogP contribution in [0.3, 0.4) is 0 Å². The van der Waals surface area contributed by atoms with Crippen molar-refractivity contribution in [3.8, 4) is 0 Å². The third-order valence-corrected chi connectivity index (χ3v) is 2.62. The molecule has 0 atom stereocenters. The van der Waals surface area contributed by atoms with E-state index in [-0.39, 0.29) is 0 Å². The molecule has 2 rings (SSSR count). The number of nitrogens with zero attached hydrogens (tertiary/aromatic N) is 1. The van der Waals surface area contributed by atoms with E-state index in [0.29, 0.717) is 5.82 Å². The highest BCUT2D eigenvalue weighted by molar-refractivity contribution is 9.10. The molecule has 0 bridgehead atoms. The van der Waals surface area contributed by atoms with Gasteiger partial charge in [-0.05, 0) is 30.7 Å². The number of hydrogen-bond acceptors (Lipinski definition) is 3. The third kappa shape index (κ3) is 1.58. The molecule has 14 heavy (non-hydrogen) atoms. The number of halogens is 1. The van der Waals surface area contributed by atoms with Crippen molar-refractivity contribution >= 4 is 32.7 Å². The zero-order valence-electron chi connectivity index (χ0n) is 7.71. The number of aromatic nitrogens is 1. The lowest BCUT2D eigenvalue weighted by atomic mass is 10.1. The van der Waals surface area contributed by atoms with Gasteiger partial charge < -0.3 is 5.43 Å². The van der Waals surface area contributed by atoms with Crippen LogP contribution in [0.5, 0.6) is 0 Å². The quantitative estimate of drug-likeness (QED) is 0.605. The van der Waals surface area contributed by atoms with E-state index in [1.54, 1.807) is 0 Å². The molecule has 0 fully saturated rings. The number of anilines is 1. The van der Waals surface area contributed by atoms with Gasteiger partial charge in [0.25, 0.3) is 0 Å². The van der Waals surface area contributed by atoms with Crippen LogP contribution >= 0.6 is 15.9 Å². The number of nitrogen functional groups attached to an aromatic ring is 1. The molecule has 1 aromatic carbocycles. The van der Waals surface area contributed by atoms with Crippen molar-refractivity contribution in [2.45, 2.75) is 6.92 Å². The second kappa shape index (κ2) is 3.55. The minimum absolute atomic E-state index is 0.688. The van der Waals surface area contributed by atoms with Gasteiger partial charge in [0.05, 0.1) is 5.52 Å². The predicted molar refractivity (Wildman–Crippen MR) is 62.0 cm³/mol. The zero-order valence-corrected chi connectivity index (χ0v) is 9.30. The highest BCUT2D eigenvalue weighted by atomic mass is 79.9. The van der Waals surface area contributed by atoms with Gasteiger partial charge in [-0.25, -0.2) is 10.8 Å². The molecule has 4 heteroatoms. The first kappa shape index (κ1) is 9.43. The van der Waals surface area contributed by atoms with E-state index < -0.39 is 0 Å². The zero-order chi connectivity index (χ0) is 10.1. The van der Waals surface area contributed by atoms with E-state index in [2.05, 4.69) is 26.3 Å². The number of nitrogens with one attached hydrogen (secondary N) is 1. The van der Waals surface area contributed by atoms with Crippen LogP contribution in [0.2, 0.25) is 0 Å². The highest BCUT2D eigenvalue weighted by Crippen LogP contribution is 2.23. The number of rotatable bonds is 1. The molecule has 3 nitrogen and oxygen atoms in total. The fourth-order valence-corrected chi connectivity index (χ4v) is 1.80. The summed E-state index contributed by atoms with van der Waals surface area (Å²) in [5, 5.41) is 1.15. The second-order valence-corrected chi connectivity index (χ2v) is 4.05. The van der Waals surface area contributed by atoms with E-state index in [1.807, 2.05) is 31.2 Å². The van der Waals surface area contributed by atoms with Gasteiger partial charge in [0, 0.05) is 9.86 Å². The molecule has 0 aliphatic heterocycles. The molecule has 1 heterocycles. The van der Waals surface area contributed by atoms with Gasteiger partial charge in [-0.3, -0.25) is 0 Å². The molecule has 0 saturated carbocycles. The molecule has 0 aliphatic carbocycles. The Morgan fingerprint density at radius 3 is 2.86 bits per heavy atom. The molecule has 72 valence electrons. The smallest absolute Gasteiger partial charge is 0.140 e. The number of nitrogens with two attached hydrogens (primary N) is 1. The lowest BCUT2D eigenvalue weighted by Crippen LogP contribution is -2.08. The van der Waals surface area contributed by atoms with Crippen LogP contribution in [0.25, 0.3) is 10.9 Å². The van der Waals surface area contributed by atoms with Crippen molar-refractivity contribution in [2.24, 2.45) is 5.84 Å². The molecule has 1 aromatic heterocycles. The third-order valence-electron chi connectivity index (χ3n) is 2.13. The van der Waals surface area contributed by atoms with Crippen LogP contribution in [0.15, 0.2) is 28.7 Å². The standard InChI is InChI=1S/C10H10BrN3/c1-6-4-10(14-12)13-9-5-7(11)2-3-8(6)9/h2-5H,12H2,1H3,(H,13,14). The summed E-state index contributed by atoms with van der Waals surface area (Å²) >= 11 is 3.41. The largest absolute Gasteiger partial charge is 0.308 e. The van der Waals surface area contributed by atoms with Crippen LogP contribution in [-0.4, -0.2) is 4.98 Å². The fraction of sp³-hybridized carbons (Fsp3) is 0.100. The monoisotopic (exact) mass is 251 g/mol. The maximum Gasteiger partial charge on any atom is 0.140 e. The SMILES string of the molecule is Cc1cc(NN)nc2cc(Br)ccc12. The first-order chi connectivity index (χ1) is 6.70. The minimum atomic E-state index is 0.688. The van der Waals surface area contributed by atoms with Crippen molar-refractivity contribution < 1.29 is 0 Å². The van der Waals surface area contributed by atoms with Crippen molar-refractivity contribution in [1.82, 2.24) is 4.98 Å². The van der Waals surface area contributed by atoms with Crippen molar-refractivity contribution in [1.29, 1.82) is 0 Å². The average Bonchev–Trinajstić information content (AvgIpc) is 2.16. The summed E-state index contributed by atoms with van der Waals surface area (Å²) in [4.78, 5) is 4.35. The maximum absolute atomic E-state index is 5.32. The fourth-order valence-electron chi connectivity index (χ4n) is 1.45. The topological polar surface area (TPSA) is 50.9 Å². The Hall–Kier alpha value is -1.13. The van der Waals surface area contributed by atoms with Crippen LogP contribution in [0.1, 0.15) is 5.56 Å². The molecular weight excluding hydrogens is 242 g/mol. The molecule has 2 aromatic rings. The van der Waals surface area contributed by atoms with Gasteiger partial charge in [-0.15, -0.1) is 0 Å². The van der Waals surface area contributed by atoms with E-state index in [1.165, 1.54) is 0 Å². The Morgan fingerprint density at radius 1 is 1.36 bits per heavy atom. The van der Waals surface area contributed by atoms with Gasteiger partial charge >= 0.3 is 0 Å². The van der Waals surface area contributed by atoms with Gasteiger partial charge in [0.1, 0.15) is 5.82 Å². The summed E-state index contributed by atoms with van der Waals surface area (Å²) in [5.74, 6) is 6.01. The summed E-state index contributed by atoms with van der Waals surface area (Å²) in [6.07, 6.45) is 0. The first-order valence-corrected chi connectivity index (χ1v) is 5.03. The predicted octanol–water partition coefficient (Wildman–Crippen LogP) is 2.59. The summed E-state index contributed by atoms with van der Waals surface area (Å²) in [5.41, 5.74) is 4.65. The molecule has 0 amide bonds. The van der Waals surface area contributed by atoms with Gasteiger partial charge in [0.2, 0.25) is 0 Å². The number of hydrazine groups is 1. The summed E-state index contributed by atoms with van der Waals surface area (Å²) in [6, 6.07) is 7.95. The summed E-state index contributed by atoms with van der Waals surface area (Å²) in [7, 11) is 0. The lowest BCUT2D eigenvalue weighted by molar-refractivity contribution is 1.25. The molecule has 0 aliphatic rings. The Balaban J connectivity index is 2.77. The molecule has 3 N–H and O–H groups in total. The van der Waals surface area contributed by atoms with Crippen molar-refractivity contribution in [3.05, 3.63) is 34.3 Å². The van der Waals surface area contributed by atoms with Crippen molar-refractivity contribution in [3.63, 3.8) is 0 Å². The maximum atomic E-state index is 5.32. The molecule has 0 saturated heterocycles. The normalized spacial score (nSPS) is 10.5. The molecule has 0 unspecified atom stereocenters. The van der Waals surface area contributed by atoms with Crippen LogP contribution in [-0.2, 0) is 0 Å². The number of benzene rings is 1. The van der Waals surface area contributed by atoms with E-state index in [9.17, 15) is 0 Å². The summed E-state index contributed by atoms with van der Waals surface area (Å²) in [6.45, 7) is 2.04. The lowest BCUT2D eigenvalue weighted by Gasteiger charge is -2.05. The van der Waals surface area contributed by atoms with Gasteiger partial charge in [-0.1, -0.05) is 22.0 Å². The van der Waals surface area contributed by atoms with Crippen LogP contribution < -0.4 is 11.3 Å². The van der Waals surface area contributed by atoms with E-state index in [0.717, 1.165) is 20.9 Å². The van der Waals surface area contributed by atoms with Gasteiger partial charge in [-0.2, -0.15) is 0 Å². The number of aryl methyl sites for hydroxylation is 1. The van der Waals surface area contributed by atoms with Crippen LogP contribution in [0, 0.1) is 6.92 Å². The number of hydrogen-bond donors (Lipinski definition) is 2. The van der Waals surface area contributed by atoms with E-state index in [4.69, 9.17) is 5.84 Å².